The van der Waals surface area contributed by atoms with Gasteiger partial charge in [0.25, 0.3) is 0 Å². The lowest BCUT2D eigenvalue weighted by atomic mass is 9.79. The molecule has 124 valence electrons. The summed E-state index contributed by atoms with van der Waals surface area (Å²) < 4.78 is 0. The van der Waals surface area contributed by atoms with Crippen LogP contribution in [0.15, 0.2) is 0 Å². The van der Waals surface area contributed by atoms with Crippen LogP contribution in [-0.2, 0) is 0 Å². The number of hydrogen-bond donors (Lipinski definition) is 1. The molecule has 2 heteroatoms. The van der Waals surface area contributed by atoms with Crippen molar-refractivity contribution in [2.24, 2.45) is 5.92 Å². The topological polar surface area (TPSA) is 15.3 Å². The van der Waals surface area contributed by atoms with Gasteiger partial charge in [0.1, 0.15) is 0 Å². The lowest BCUT2D eigenvalue weighted by Crippen LogP contribution is -2.56. The van der Waals surface area contributed by atoms with Crippen molar-refractivity contribution in [1.82, 2.24) is 10.2 Å². The average molecular weight is 295 g/mol. The molecule has 0 aromatic carbocycles. The van der Waals surface area contributed by atoms with Gasteiger partial charge in [-0.25, -0.2) is 0 Å². The summed E-state index contributed by atoms with van der Waals surface area (Å²) in [7, 11) is 0. The summed E-state index contributed by atoms with van der Waals surface area (Å²) in [5.74, 6) is 0.968. The first-order valence-electron chi connectivity index (χ1n) is 9.79. The Morgan fingerprint density at radius 3 is 2.52 bits per heavy atom. The Kier molecular flexibility index (Phi) is 7.53. The molecular weight excluding hydrogens is 256 g/mol. The maximum absolute atomic E-state index is 3.89. The fourth-order valence-electron chi connectivity index (χ4n) is 4.61. The summed E-state index contributed by atoms with van der Waals surface area (Å²) in [4.78, 5) is 2.93. The highest BCUT2D eigenvalue weighted by molar-refractivity contribution is 4.93. The molecule has 1 saturated heterocycles. The Balaban J connectivity index is 2.07. The second kappa shape index (κ2) is 9.15. The van der Waals surface area contributed by atoms with Gasteiger partial charge in [-0.3, -0.25) is 4.90 Å². The molecule has 0 spiro atoms. The third-order valence-electron chi connectivity index (χ3n) is 5.98. The van der Waals surface area contributed by atoms with E-state index in [1.807, 2.05) is 0 Å². The molecule has 21 heavy (non-hydrogen) atoms. The van der Waals surface area contributed by atoms with Crippen LogP contribution in [0.25, 0.3) is 0 Å². The van der Waals surface area contributed by atoms with Crippen LogP contribution >= 0.6 is 0 Å². The molecular formula is C19H38N2. The average Bonchev–Trinajstić information content (AvgIpc) is 2.77. The molecule has 0 aromatic heterocycles. The highest BCUT2D eigenvalue weighted by Crippen LogP contribution is 2.33. The second-order valence-corrected chi connectivity index (χ2v) is 7.36. The molecule has 1 aliphatic carbocycles. The van der Waals surface area contributed by atoms with Gasteiger partial charge in [0.05, 0.1) is 0 Å². The van der Waals surface area contributed by atoms with Crippen molar-refractivity contribution < 1.29 is 0 Å². The van der Waals surface area contributed by atoms with Crippen molar-refractivity contribution in [3.63, 3.8) is 0 Å². The van der Waals surface area contributed by atoms with E-state index in [1.54, 1.807) is 0 Å². The maximum atomic E-state index is 3.89. The number of nitrogens with one attached hydrogen (secondary N) is 1. The van der Waals surface area contributed by atoms with Crippen molar-refractivity contribution in [3.8, 4) is 0 Å². The fraction of sp³-hybridized carbons (Fsp3) is 1.00. The van der Waals surface area contributed by atoms with Crippen LogP contribution in [0.2, 0.25) is 0 Å². The molecule has 1 aliphatic heterocycles. The van der Waals surface area contributed by atoms with Gasteiger partial charge in [-0.05, 0) is 64.0 Å². The first-order chi connectivity index (χ1) is 10.3. The SMILES string of the molecule is CCCNC1CCC(CC)CC1N1CCCCCC1CC. The molecule has 4 atom stereocenters. The fourth-order valence-corrected chi connectivity index (χ4v) is 4.61. The Bertz CT molecular complexity index is 279. The minimum atomic E-state index is 0.750. The van der Waals surface area contributed by atoms with E-state index in [2.05, 4.69) is 31.0 Å². The maximum Gasteiger partial charge on any atom is 0.0254 e. The molecule has 2 nitrogen and oxygen atoms in total. The molecule has 2 aliphatic rings. The van der Waals surface area contributed by atoms with Crippen molar-refractivity contribution in [3.05, 3.63) is 0 Å². The van der Waals surface area contributed by atoms with Gasteiger partial charge in [-0.1, -0.05) is 40.0 Å². The van der Waals surface area contributed by atoms with Crippen LogP contribution in [0, 0.1) is 5.92 Å². The normalized spacial score (nSPS) is 35.6. The van der Waals surface area contributed by atoms with E-state index in [4.69, 9.17) is 0 Å². The van der Waals surface area contributed by atoms with Gasteiger partial charge in [0, 0.05) is 18.1 Å². The van der Waals surface area contributed by atoms with Crippen molar-refractivity contribution in [1.29, 1.82) is 0 Å². The smallest absolute Gasteiger partial charge is 0.0254 e. The third-order valence-corrected chi connectivity index (χ3v) is 5.98. The van der Waals surface area contributed by atoms with Crippen LogP contribution in [-0.4, -0.2) is 36.1 Å². The van der Waals surface area contributed by atoms with E-state index in [0.29, 0.717) is 0 Å². The van der Waals surface area contributed by atoms with E-state index in [1.165, 1.54) is 77.3 Å². The number of rotatable bonds is 6. The van der Waals surface area contributed by atoms with Gasteiger partial charge < -0.3 is 5.32 Å². The van der Waals surface area contributed by atoms with Gasteiger partial charge in [-0.15, -0.1) is 0 Å². The lowest BCUT2D eigenvalue weighted by molar-refractivity contribution is 0.0588. The monoisotopic (exact) mass is 294 g/mol. The molecule has 0 bridgehead atoms. The molecule has 2 rings (SSSR count). The second-order valence-electron chi connectivity index (χ2n) is 7.36. The molecule has 2 fully saturated rings. The van der Waals surface area contributed by atoms with Crippen LogP contribution in [0.5, 0.6) is 0 Å². The molecule has 0 radical (unpaired) electrons. The highest BCUT2D eigenvalue weighted by Gasteiger charge is 2.36. The first-order valence-corrected chi connectivity index (χ1v) is 9.79. The minimum Gasteiger partial charge on any atom is -0.312 e. The van der Waals surface area contributed by atoms with Gasteiger partial charge in [-0.2, -0.15) is 0 Å². The molecule has 1 saturated carbocycles. The number of nitrogens with zero attached hydrogens (tertiary/aromatic N) is 1. The first kappa shape index (κ1) is 17.3. The summed E-state index contributed by atoms with van der Waals surface area (Å²) in [6, 6.07) is 2.40. The van der Waals surface area contributed by atoms with Crippen LogP contribution in [0.3, 0.4) is 0 Å². The summed E-state index contributed by atoms with van der Waals surface area (Å²) in [6.07, 6.45) is 14.0. The molecule has 0 aromatic rings. The van der Waals surface area contributed by atoms with E-state index in [9.17, 15) is 0 Å². The lowest BCUT2D eigenvalue weighted by Gasteiger charge is -2.46. The predicted octanol–water partition coefficient (Wildman–Crippen LogP) is 4.59. The van der Waals surface area contributed by atoms with Crippen molar-refractivity contribution >= 4 is 0 Å². The van der Waals surface area contributed by atoms with Crippen molar-refractivity contribution in [2.45, 2.75) is 103 Å². The standard InChI is InChI=1S/C19H38N2/c1-4-13-20-18-12-11-16(5-2)15-19(18)21-14-9-7-8-10-17(21)6-3/h16-20H,4-15H2,1-3H3. The minimum absolute atomic E-state index is 0.750. The Morgan fingerprint density at radius 2 is 1.81 bits per heavy atom. The summed E-state index contributed by atoms with van der Waals surface area (Å²) in [5.41, 5.74) is 0. The van der Waals surface area contributed by atoms with Gasteiger partial charge in [0.2, 0.25) is 0 Å². The quantitative estimate of drug-likeness (QED) is 0.771. The number of hydrogen-bond acceptors (Lipinski definition) is 2. The zero-order chi connectivity index (χ0) is 15.1. The largest absolute Gasteiger partial charge is 0.312 e. The van der Waals surface area contributed by atoms with E-state index >= 15 is 0 Å². The Hall–Kier alpha value is -0.0800. The van der Waals surface area contributed by atoms with Gasteiger partial charge in [0.15, 0.2) is 0 Å². The summed E-state index contributed by atoms with van der Waals surface area (Å²) >= 11 is 0. The number of likely N-dealkylation sites (tertiary alicyclic amines) is 1. The van der Waals surface area contributed by atoms with E-state index < -0.39 is 0 Å². The molecule has 1 N–H and O–H groups in total. The molecule has 1 heterocycles. The van der Waals surface area contributed by atoms with Crippen LogP contribution in [0.1, 0.15) is 85.0 Å². The van der Waals surface area contributed by atoms with Crippen LogP contribution < -0.4 is 5.32 Å². The Labute approximate surface area is 133 Å². The van der Waals surface area contributed by atoms with Gasteiger partial charge >= 0.3 is 0 Å². The van der Waals surface area contributed by atoms with Crippen molar-refractivity contribution in [2.75, 3.05) is 13.1 Å². The molecule has 4 unspecified atom stereocenters. The summed E-state index contributed by atoms with van der Waals surface area (Å²) in [5, 5.41) is 3.89. The van der Waals surface area contributed by atoms with E-state index in [0.717, 1.165) is 24.0 Å². The summed E-state index contributed by atoms with van der Waals surface area (Å²) in [6.45, 7) is 9.63. The van der Waals surface area contributed by atoms with E-state index in [-0.39, 0.29) is 0 Å². The zero-order valence-electron chi connectivity index (χ0n) is 14.7. The third kappa shape index (κ3) is 4.69. The highest BCUT2D eigenvalue weighted by atomic mass is 15.2. The predicted molar refractivity (Wildman–Crippen MR) is 92.8 cm³/mol. The van der Waals surface area contributed by atoms with Crippen LogP contribution in [0.4, 0.5) is 0 Å². The zero-order valence-corrected chi connectivity index (χ0v) is 14.7. The Morgan fingerprint density at radius 1 is 0.952 bits per heavy atom. The molecule has 0 amide bonds.